The first-order valence-electron chi connectivity index (χ1n) is 6.20. The number of nitriles is 1. The molecule has 1 N–H and O–H groups in total. The van der Waals surface area contributed by atoms with Crippen LogP contribution in [0.3, 0.4) is 0 Å². The van der Waals surface area contributed by atoms with Gasteiger partial charge < -0.3 is 4.74 Å². The molecule has 0 heterocycles. The highest BCUT2D eigenvalue weighted by molar-refractivity contribution is 5.44. The Morgan fingerprint density at radius 3 is 2.56 bits per heavy atom. The molecule has 0 bridgehead atoms. The van der Waals surface area contributed by atoms with E-state index in [-0.39, 0.29) is 0 Å². The quantitative estimate of drug-likeness (QED) is 0.869. The predicted octanol–water partition coefficient (Wildman–Crippen LogP) is 2.75. The minimum Gasteiger partial charge on any atom is -0.496 e. The molecule has 0 atom stereocenters. The first-order chi connectivity index (χ1) is 8.39. The molecule has 0 radical (unpaired) electrons. The topological polar surface area (TPSA) is 45.0 Å². The van der Waals surface area contributed by atoms with E-state index in [0.29, 0.717) is 0 Å². The normalized spacial score (nSPS) is 11.1. The van der Waals surface area contributed by atoms with E-state index >= 15 is 0 Å². The van der Waals surface area contributed by atoms with Crippen molar-refractivity contribution in [3.8, 4) is 11.8 Å². The number of rotatable bonds is 5. The number of methoxy groups -OCH3 is 1. The van der Waals surface area contributed by atoms with Gasteiger partial charge in [-0.1, -0.05) is 17.7 Å². The highest BCUT2D eigenvalue weighted by atomic mass is 16.5. The molecule has 18 heavy (non-hydrogen) atoms. The summed E-state index contributed by atoms with van der Waals surface area (Å²) < 4.78 is 5.45. The van der Waals surface area contributed by atoms with E-state index in [0.717, 1.165) is 24.3 Å². The number of hydrogen-bond donors (Lipinski definition) is 1. The van der Waals surface area contributed by atoms with Crippen molar-refractivity contribution >= 4 is 0 Å². The van der Waals surface area contributed by atoms with Crippen LogP contribution in [0.2, 0.25) is 0 Å². The molecule has 1 aromatic carbocycles. The van der Waals surface area contributed by atoms with Gasteiger partial charge in [-0.15, -0.1) is 0 Å². The lowest BCUT2D eigenvalue weighted by Gasteiger charge is -2.18. The van der Waals surface area contributed by atoms with E-state index in [1.54, 1.807) is 7.11 Å². The average molecular weight is 246 g/mol. The third-order valence-electron chi connectivity index (χ3n) is 2.94. The second-order valence-electron chi connectivity index (χ2n) is 5.19. The van der Waals surface area contributed by atoms with Crippen molar-refractivity contribution in [1.82, 2.24) is 5.32 Å². The van der Waals surface area contributed by atoms with Crippen LogP contribution in [0.25, 0.3) is 0 Å². The molecule has 0 aliphatic carbocycles. The number of nitrogens with one attached hydrogen (secondary N) is 1. The highest BCUT2D eigenvalue weighted by Crippen LogP contribution is 2.25. The van der Waals surface area contributed by atoms with Crippen molar-refractivity contribution in [3.63, 3.8) is 0 Å². The zero-order valence-corrected chi connectivity index (χ0v) is 11.9. The van der Waals surface area contributed by atoms with E-state index in [4.69, 9.17) is 10.00 Å². The van der Waals surface area contributed by atoms with E-state index in [1.807, 2.05) is 13.8 Å². The summed E-state index contributed by atoms with van der Waals surface area (Å²) in [6, 6.07) is 6.50. The van der Waals surface area contributed by atoms with Gasteiger partial charge >= 0.3 is 0 Å². The van der Waals surface area contributed by atoms with Gasteiger partial charge in [0.2, 0.25) is 0 Å². The van der Waals surface area contributed by atoms with E-state index < -0.39 is 5.54 Å². The van der Waals surface area contributed by atoms with Gasteiger partial charge in [-0.3, -0.25) is 5.32 Å². The largest absolute Gasteiger partial charge is 0.496 e. The standard InChI is InChI=1S/C15H22N2O/c1-11-8-12(2)14(18-5)13(9-11)6-7-17-15(3,4)10-16/h8-9,17H,6-7H2,1-5H3. The molecule has 1 aromatic rings. The van der Waals surface area contributed by atoms with Gasteiger partial charge in [-0.2, -0.15) is 5.26 Å². The summed E-state index contributed by atoms with van der Waals surface area (Å²) in [5.74, 6) is 0.956. The first kappa shape index (κ1) is 14.5. The van der Waals surface area contributed by atoms with Crippen LogP contribution in [-0.4, -0.2) is 19.2 Å². The minimum atomic E-state index is -0.480. The molecule has 0 aliphatic rings. The molecule has 0 saturated heterocycles. The Morgan fingerprint density at radius 2 is 2.00 bits per heavy atom. The highest BCUT2D eigenvalue weighted by Gasteiger charge is 2.15. The molecule has 3 heteroatoms. The number of ether oxygens (including phenoxy) is 1. The van der Waals surface area contributed by atoms with E-state index in [2.05, 4.69) is 37.4 Å². The van der Waals surface area contributed by atoms with E-state index in [1.165, 1.54) is 11.1 Å². The Bertz CT molecular complexity index is 458. The van der Waals surface area contributed by atoms with Crippen molar-refractivity contribution in [3.05, 3.63) is 28.8 Å². The van der Waals surface area contributed by atoms with Crippen LogP contribution in [0.5, 0.6) is 5.75 Å². The van der Waals surface area contributed by atoms with Crippen molar-refractivity contribution in [1.29, 1.82) is 5.26 Å². The molecule has 0 fully saturated rings. The third kappa shape index (κ3) is 3.75. The molecule has 0 saturated carbocycles. The van der Waals surface area contributed by atoms with Crippen LogP contribution in [0, 0.1) is 25.2 Å². The van der Waals surface area contributed by atoms with Gasteiger partial charge in [0, 0.05) is 6.54 Å². The fourth-order valence-electron chi connectivity index (χ4n) is 2.07. The summed E-state index contributed by atoms with van der Waals surface area (Å²) in [4.78, 5) is 0. The SMILES string of the molecule is COc1c(C)cc(C)cc1CCNC(C)(C)C#N. The van der Waals surface area contributed by atoms with Gasteiger partial charge in [0.25, 0.3) is 0 Å². The number of hydrogen-bond acceptors (Lipinski definition) is 3. The lowest BCUT2D eigenvalue weighted by molar-refractivity contribution is 0.404. The Morgan fingerprint density at radius 1 is 1.33 bits per heavy atom. The van der Waals surface area contributed by atoms with Gasteiger partial charge in [-0.05, 0) is 45.2 Å². The molecule has 98 valence electrons. The maximum Gasteiger partial charge on any atom is 0.125 e. The molecule has 3 nitrogen and oxygen atoms in total. The van der Waals surface area contributed by atoms with Crippen LogP contribution in [0.4, 0.5) is 0 Å². The van der Waals surface area contributed by atoms with Crippen molar-refractivity contribution < 1.29 is 4.74 Å². The molecule has 0 aliphatic heterocycles. The fraction of sp³-hybridized carbons (Fsp3) is 0.533. The Labute approximate surface area is 110 Å². The van der Waals surface area contributed by atoms with Crippen LogP contribution >= 0.6 is 0 Å². The van der Waals surface area contributed by atoms with Gasteiger partial charge in [-0.25, -0.2) is 0 Å². The first-order valence-corrected chi connectivity index (χ1v) is 6.20. The van der Waals surface area contributed by atoms with Crippen LogP contribution in [-0.2, 0) is 6.42 Å². The molecule has 1 rings (SSSR count). The lowest BCUT2D eigenvalue weighted by atomic mass is 10.0. The lowest BCUT2D eigenvalue weighted by Crippen LogP contribution is -2.38. The molecule has 0 unspecified atom stereocenters. The van der Waals surface area contributed by atoms with Gasteiger partial charge in [0.15, 0.2) is 0 Å². The Balaban J connectivity index is 2.76. The van der Waals surface area contributed by atoms with Crippen molar-refractivity contribution in [2.75, 3.05) is 13.7 Å². The summed E-state index contributed by atoms with van der Waals surface area (Å²) in [6.45, 7) is 8.67. The van der Waals surface area contributed by atoms with E-state index in [9.17, 15) is 0 Å². The summed E-state index contributed by atoms with van der Waals surface area (Å²) in [5, 5.41) is 12.2. The van der Waals surface area contributed by atoms with Gasteiger partial charge in [0.1, 0.15) is 11.3 Å². The molecule has 0 spiro atoms. The predicted molar refractivity (Wildman–Crippen MR) is 73.9 cm³/mol. The summed E-state index contributed by atoms with van der Waals surface area (Å²) >= 11 is 0. The van der Waals surface area contributed by atoms with Crippen molar-refractivity contribution in [2.24, 2.45) is 0 Å². The Kier molecular flexibility index (Phi) is 4.75. The average Bonchev–Trinajstić information content (AvgIpc) is 2.28. The molecule has 0 aromatic heterocycles. The molecular formula is C15H22N2O. The van der Waals surface area contributed by atoms with Gasteiger partial charge in [0.05, 0.1) is 13.2 Å². The molecule has 0 amide bonds. The van der Waals surface area contributed by atoms with Crippen LogP contribution in [0.15, 0.2) is 12.1 Å². The maximum absolute atomic E-state index is 8.94. The van der Waals surface area contributed by atoms with Crippen LogP contribution in [0.1, 0.15) is 30.5 Å². The molecular weight excluding hydrogens is 224 g/mol. The second kappa shape index (κ2) is 5.88. The zero-order valence-electron chi connectivity index (χ0n) is 11.9. The number of benzene rings is 1. The minimum absolute atomic E-state index is 0.480. The second-order valence-corrected chi connectivity index (χ2v) is 5.19. The summed E-state index contributed by atoms with van der Waals surface area (Å²) in [5.41, 5.74) is 3.11. The smallest absolute Gasteiger partial charge is 0.125 e. The van der Waals surface area contributed by atoms with Crippen LogP contribution < -0.4 is 10.1 Å². The zero-order chi connectivity index (χ0) is 13.8. The third-order valence-corrected chi connectivity index (χ3v) is 2.94. The fourth-order valence-corrected chi connectivity index (χ4v) is 2.07. The maximum atomic E-state index is 8.94. The monoisotopic (exact) mass is 246 g/mol. The summed E-state index contributed by atoms with van der Waals surface area (Å²) in [6.07, 6.45) is 0.858. The number of aryl methyl sites for hydroxylation is 2. The van der Waals surface area contributed by atoms with Crippen molar-refractivity contribution in [2.45, 2.75) is 39.7 Å². The summed E-state index contributed by atoms with van der Waals surface area (Å²) in [7, 11) is 1.70. The number of nitrogens with zero attached hydrogens (tertiary/aromatic N) is 1. The Hall–Kier alpha value is -1.53.